The van der Waals surface area contributed by atoms with Gasteiger partial charge in [-0.2, -0.15) is 0 Å². The predicted molar refractivity (Wildman–Crippen MR) is 116 cm³/mol. The number of ether oxygens (including phenoxy) is 1. The summed E-state index contributed by atoms with van der Waals surface area (Å²) in [6.45, 7) is 0. The number of hydrogen-bond donors (Lipinski definition) is 0. The van der Waals surface area contributed by atoms with E-state index in [4.69, 9.17) is 4.74 Å². The van der Waals surface area contributed by atoms with Crippen LogP contribution in [0.25, 0.3) is 11.1 Å². The molecule has 0 aliphatic rings. The number of carbonyl (C=O) groups excluding carboxylic acids is 1. The Morgan fingerprint density at radius 1 is 0.742 bits per heavy atom. The second-order valence-corrected chi connectivity index (χ2v) is 8.85. The molecule has 3 aromatic carbocycles. The second-order valence-electron chi connectivity index (χ2n) is 6.44. The third kappa shape index (κ3) is 10.9. The van der Waals surface area contributed by atoms with Crippen molar-refractivity contribution in [2.24, 2.45) is 0 Å². The summed E-state index contributed by atoms with van der Waals surface area (Å²) >= 11 is 3.50. The van der Waals surface area contributed by atoms with E-state index in [9.17, 15) is 30.0 Å². The maximum atomic E-state index is 12.0. The molecule has 0 unspecified atom stereocenters. The van der Waals surface area contributed by atoms with Gasteiger partial charge in [-0.15, -0.1) is 0 Å². The standard InChI is InChI=1S/C21H18O2S.F6P/c22-21(19-4-2-1-3-5-19)23-20-12-10-18(11-13-20)17-8-6-16(7-9-17)14-15-24;1-7(2,3,4,5)6/h1-13,24H,14-15H2;/q;-1/p+1. The molecule has 0 aromatic heterocycles. The predicted octanol–water partition coefficient (Wildman–Crippen LogP) is 7.51. The van der Waals surface area contributed by atoms with Crippen molar-refractivity contribution in [2.75, 3.05) is 5.75 Å². The second kappa shape index (κ2) is 8.93. The van der Waals surface area contributed by atoms with Crippen molar-refractivity contribution in [3.63, 3.8) is 0 Å². The van der Waals surface area contributed by atoms with Gasteiger partial charge in [-0.25, -0.2) is 4.79 Å². The molecule has 0 aliphatic heterocycles. The van der Waals surface area contributed by atoms with Crippen molar-refractivity contribution < 1.29 is 34.7 Å². The van der Waals surface area contributed by atoms with Crippen LogP contribution in [0.15, 0.2) is 78.9 Å². The van der Waals surface area contributed by atoms with Crippen LogP contribution in [0.4, 0.5) is 25.2 Å². The van der Waals surface area contributed by atoms with Gasteiger partial charge < -0.3 is 4.74 Å². The van der Waals surface area contributed by atoms with Gasteiger partial charge in [0.2, 0.25) is 0 Å². The molecule has 0 saturated heterocycles. The average Bonchev–Trinajstić information content (AvgIpc) is 2.68. The molecule has 0 fully saturated rings. The molecule has 0 N–H and O–H groups in total. The van der Waals surface area contributed by atoms with Crippen molar-refractivity contribution >= 4 is 26.4 Å². The monoisotopic (exact) mass is 480 g/mol. The molecule has 0 aliphatic carbocycles. The van der Waals surface area contributed by atoms with Crippen LogP contribution in [0.2, 0.25) is 0 Å². The molecule has 0 radical (unpaired) electrons. The Bertz CT molecular complexity index is 995. The summed E-state index contributed by atoms with van der Waals surface area (Å²) in [4.78, 5) is 12.0. The molecule has 0 atom stereocenters. The molecular weight excluding hydrogens is 461 g/mol. The quantitative estimate of drug-likeness (QED) is 0.124. The van der Waals surface area contributed by atoms with E-state index in [2.05, 4.69) is 36.9 Å². The SMILES string of the molecule is F[P-](F)(F)(F)(F)F.O=C(Oc1ccc(-c2ccc(CC[SH2+])cc2)cc1)c1ccccc1. The smallest absolute Gasteiger partial charge is 0.343 e. The van der Waals surface area contributed by atoms with Crippen LogP contribution < -0.4 is 4.74 Å². The number of rotatable bonds is 5. The molecule has 0 spiro atoms. The largest absolute Gasteiger partial charge is 0.423 e. The summed E-state index contributed by atoms with van der Waals surface area (Å²) in [5.41, 5.74) is 4.10. The molecule has 2 nitrogen and oxygen atoms in total. The first-order chi connectivity index (χ1) is 14.2. The Hall–Kier alpha value is -2.51. The number of hydrogen-bond acceptors (Lipinski definition) is 2. The normalized spacial score (nSPS) is 13.3. The minimum Gasteiger partial charge on any atom is -0.423 e. The van der Waals surface area contributed by atoms with E-state index in [-0.39, 0.29) is 5.97 Å². The van der Waals surface area contributed by atoms with E-state index in [1.165, 1.54) is 5.56 Å². The third-order valence-corrected chi connectivity index (χ3v) is 4.03. The van der Waals surface area contributed by atoms with E-state index < -0.39 is 7.81 Å². The fourth-order valence-electron chi connectivity index (χ4n) is 2.46. The summed E-state index contributed by atoms with van der Waals surface area (Å²) < 4.78 is 64.6. The molecule has 168 valence electrons. The minimum absolute atomic E-state index is 0.345. The van der Waals surface area contributed by atoms with Crippen LogP contribution in [0.1, 0.15) is 15.9 Å². The molecule has 3 rings (SSSR count). The fraction of sp³-hybridized carbons (Fsp3) is 0.0952. The van der Waals surface area contributed by atoms with E-state index in [0.717, 1.165) is 23.3 Å². The Kier molecular flexibility index (Phi) is 7.13. The first kappa shape index (κ1) is 24.8. The van der Waals surface area contributed by atoms with Crippen molar-refractivity contribution in [1.82, 2.24) is 0 Å². The maximum Gasteiger partial charge on any atom is 0.343 e. The summed E-state index contributed by atoms with van der Waals surface area (Å²) in [6.07, 6.45) is 1.02. The Labute approximate surface area is 180 Å². The average molecular weight is 480 g/mol. The van der Waals surface area contributed by atoms with E-state index in [1.54, 1.807) is 12.1 Å². The summed E-state index contributed by atoms with van der Waals surface area (Å²) in [5, 5.41) is 0. The van der Waals surface area contributed by atoms with Crippen molar-refractivity contribution in [1.29, 1.82) is 0 Å². The molecule has 10 heteroatoms. The molecule has 31 heavy (non-hydrogen) atoms. The molecule has 3 aromatic rings. The minimum atomic E-state index is -10.7. The zero-order chi connectivity index (χ0) is 23.2. The zero-order valence-electron chi connectivity index (χ0n) is 16.0. The first-order valence-electron chi connectivity index (χ1n) is 8.89. The van der Waals surface area contributed by atoms with Crippen LogP contribution in [0.5, 0.6) is 5.75 Å². The Morgan fingerprint density at radius 3 is 1.65 bits per heavy atom. The number of esters is 1. The van der Waals surface area contributed by atoms with Crippen LogP contribution in [-0.4, -0.2) is 11.7 Å². The van der Waals surface area contributed by atoms with Crippen LogP contribution in [-0.2, 0) is 19.0 Å². The van der Waals surface area contributed by atoms with Gasteiger partial charge in [-0.3, -0.25) is 0 Å². The first-order valence-corrected chi connectivity index (χ1v) is 11.6. The summed E-state index contributed by atoms with van der Waals surface area (Å²) in [6, 6.07) is 25.1. The summed E-state index contributed by atoms with van der Waals surface area (Å²) in [7, 11) is -10.7. The molecular formula is C21H19F6O2PS. The molecule has 0 heterocycles. The van der Waals surface area contributed by atoms with Crippen LogP contribution in [0, 0.1) is 0 Å². The Balaban J connectivity index is 0.000000423. The molecule has 0 amide bonds. The topological polar surface area (TPSA) is 26.3 Å². The van der Waals surface area contributed by atoms with Gasteiger partial charge in [-0.1, -0.05) is 54.6 Å². The van der Waals surface area contributed by atoms with Crippen LogP contribution >= 0.6 is 7.81 Å². The van der Waals surface area contributed by atoms with Gasteiger partial charge in [0.05, 0.1) is 5.56 Å². The maximum absolute atomic E-state index is 12.0. The number of benzene rings is 3. The molecule has 0 saturated carbocycles. The van der Waals surface area contributed by atoms with Gasteiger partial charge >= 0.3 is 39.0 Å². The van der Waals surface area contributed by atoms with Crippen molar-refractivity contribution in [2.45, 2.75) is 6.42 Å². The number of carbonyl (C=O) groups is 1. The number of halogens is 6. The van der Waals surface area contributed by atoms with E-state index in [0.29, 0.717) is 11.3 Å². The van der Waals surface area contributed by atoms with Gasteiger partial charge in [-0.05, 0) is 53.6 Å². The van der Waals surface area contributed by atoms with Crippen molar-refractivity contribution in [3.05, 3.63) is 90.0 Å². The van der Waals surface area contributed by atoms with Crippen LogP contribution in [0.3, 0.4) is 0 Å². The zero-order valence-corrected chi connectivity index (χ0v) is 17.8. The van der Waals surface area contributed by atoms with Crippen molar-refractivity contribution in [3.8, 4) is 16.9 Å². The number of aryl methyl sites for hydroxylation is 1. The fourth-order valence-corrected chi connectivity index (χ4v) is 2.75. The van der Waals surface area contributed by atoms with Gasteiger partial charge in [0.25, 0.3) is 0 Å². The van der Waals surface area contributed by atoms with Gasteiger partial charge in [0, 0.05) is 6.42 Å². The van der Waals surface area contributed by atoms with E-state index >= 15 is 0 Å². The van der Waals surface area contributed by atoms with Gasteiger partial charge in [0.15, 0.2) is 0 Å². The molecule has 0 bridgehead atoms. The Morgan fingerprint density at radius 2 is 1.19 bits per heavy atom. The summed E-state index contributed by atoms with van der Waals surface area (Å²) in [5.74, 6) is 1.16. The van der Waals surface area contributed by atoms with Gasteiger partial charge in [0.1, 0.15) is 11.5 Å². The van der Waals surface area contributed by atoms with E-state index in [1.807, 2.05) is 42.5 Å². The third-order valence-electron chi connectivity index (χ3n) is 3.78.